The van der Waals surface area contributed by atoms with Crippen LogP contribution in [0.25, 0.3) is 0 Å². The number of aromatic amines is 1. The van der Waals surface area contributed by atoms with Crippen LogP contribution < -0.4 is 5.32 Å². The second-order valence-electron chi connectivity index (χ2n) is 5.10. The van der Waals surface area contributed by atoms with Crippen LogP contribution in [0.5, 0.6) is 0 Å². The highest BCUT2D eigenvalue weighted by Gasteiger charge is 2.15. The van der Waals surface area contributed by atoms with Crippen molar-refractivity contribution < 1.29 is 14.3 Å². The molecule has 0 fully saturated rings. The number of carbonyl (C=O) groups excluding carboxylic acids is 2. The predicted octanol–water partition coefficient (Wildman–Crippen LogP) is 2.75. The van der Waals surface area contributed by atoms with Crippen LogP contribution in [0.15, 0.2) is 42.6 Å². The zero-order valence-corrected chi connectivity index (χ0v) is 12.8. The molecular formula is C17H20N2O3. The molecule has 1 aromatic heterocycles. The van der Waals surface area contributed by atoms with Gasteiger partial charge in [-0.2, -0.15) is 0 Å². The lowest BCUT2D eigenvalue weighted by Crippen LogP contribution is -2.32. The Bertz CT molecular complexity index is 618. The highest BCUT2D eigenvalue weighted by atomic mass is 16.5. The quantitative estimate of drug-likeness (QED) is 0.806. The largest absolute Gasteiger partial charge is 0.451 e. The molecule has 22 heavy (non-hydrogen) atoms. The lowest BCUT2D eigenvalue weighted by molar-refractivity contribution is -0.125. The van der Waals surface area contributed by atoms with E-state index in [9.17, 15) is 9.59 Å². The van der Waals surface area contributed by atoms with Crippen molar-refractivity contribution in [2.24, 2.45) is 0 Å². The number of hydrogen-bond acceptors (Lipinski definition) is 3. The Morgan fingerprint density at radius 3 is 2.55 bits per heavy atom. The first-order valence-corrected chi connectivity index (χ1v) is 7.26. The number of nitrogens with one attached hydrogen (secondary N) is 2. The number of benzene rings is 1. The molecule has 1 atom stereocenters. The fourth-order valence-electron chi connectivity index (χ4n) is 2.12. The van der Waals surface area contributed by atoms with Gasteiger partial charge in [0.15, 0.2) is 6.61 Å². The summed E-state index contributed by atoms with van der Waals surface area (Å²) in [5, 5.41) is 2.88. The molecular weight excluding hydrogens is 280 g/mol. The van der Waals surface area contributed by atoms with E-state index in [1.165, 1.54) is 5.56 Å². The lowest BCUT2D eigenvalue weighted by atomic mass is 10.0. The number of carbonyl (C=O) groups is 2. The molecule has 0 aliphatic carbocycles. The van der Waals surface area contributed by atoms with Gasteiger partial charge in [-0.25, -0.2) is 4.79 Å². The van der Waals surface area contributed by atoms with Gasteiger partial charge in [0, 0.05) is 6.20 Å². The molecule has 0 spiro atoms. The van der Waals surface area contributed by atoms with E-state index in [1.807, 2.05) is 38.1 Å². The van der Waals surface area contributed by atoms with E-state index >= 15 is 0 Å². The fourth-order valence-corrected chi connectivity index (χ4v) is 2.12. The third-order valence-corrected chi connectivity index (χ3v) is 3.38. The molecule has 0 radical (unpaired) electrons. The maximum atomic E-state index is 11.9. The average molecular weight is 300 g/mol. The van der Waals surface area contributed by atoms with Crippen molar-refractivity contribution in [1.29, 1.82) is 0 Å². The average Bonchev–Trinajstić information content (AvgIpc) is 3.05. The van der Waals surface area contributed by atoms with Gasteiger partial charge in [0.25, 0.3) is 5.91 Å². The molecule has 1 heterocycles. The molecule has 5 nitrogen and oxygen atoms in total. The molecule has 116 valence electrons. The monoisotopic (exact) mass is 300 g/mol. The normalized spacial score (nSPS) is 11.7. The number of amides is 1. The number of rotatable bonds is 6. The molecule has 0 saturated carbocycles. The van der Waals surface area contributed by atoms with E-state index < -0.39 is 5.97 Å². The minimum Gasteiger partial charge on any atom is -0.451 e. The second kappa shape index (κ2) is 7.45. The van der Waals surface area contributed by atoms with Crippen molar-refractivity contribution in [3.63, 3.8) is 0 Å². The summed E-state index contributed by atoms with van der Waals surface area (Å²) in [5.74, 6) is -0.851. The highest BCUT2D eigenvalue weighted by molar-refractivity contribution is 5.89. The number of aryl methyl sites for hydroxylation is 1. The van der Waals surface area contributed by atoms with Gasteiger partial charge in [0.05, 0.1) is 6.04 Å². The summed E-state index contributed by atoms with van der Waals surface area (Å²) in [4.78, 5) is 26.3. The molecule has 5 heteroatoms. The van der Waals surface area contributed by atoms with Gasteiger partial charge in [0.1, 0.15) is 5.69 Å². The second-order valence-corrected chi connectivity index (χ2v) is 5.10. The van der Waals surface area contributed by atoms with Crippen molar-refractivity contribution in [2.45, 2.75) is 26.3 Å². The number of H-pyrrole nitrogens is 1. The molecule has 0 aliphatic heterocycles. The molecule has 0 bridgehead atoms. The van der Waals surface area contributed by atoms with Crippen LogP contribution in [0.3, 0.4) is 0 Å². The molecule has 2 N–H and O–H groups in total. The summed E-state index contributed by atoms with van der Waals surface area (Å²) in [7, 11) is 0. The first-order valence-electron chi connectivity index (χ1n) is 7.26. The molecule has 0 aliphatic rings. The van der Waals surface area contributed by atoms with Gasteiger partial charge in [-0.1, -0.05) is 36.8 Å². The van der Waals surface area contributed by atoms with Crippen molar-refractivity contribution in [3.05, 3.63) is 59.4 Å². The van der Waals surface area contributed by atoms with Gasteiger partial charge in [-0.05, 0) is 31.0 Å². The topological polar surface area (TPSA) is 71.2 Å². The molecule has 2 aromatic rings. The molecule has 2 rings (SSSR count). The van der Waals surface area contributed by atoms with Gasteiger partial charge in [0.2, 0.25) is 0 Å². The first-order chi connectivity index (χ1) is 10.6. The third-order valence-electron chi connectivity index (χ3n) is 3.38. The van der Waals surface area contributed by atoms with Crippen LogP contribution in [0, 0.1) is 6.92 Å². The third kappa shape index (κ3) is 4.22. The van der Waals surface area contributed by atoms with E-state index in [0.717, 1.165) is 12.0 Å². The number of esters is 1. The molecule has 0 unspecified atom stereocenters. The summed E-state index contributed by atoms with van der Waals surface area (Å²) in [6.07, 6.45) is 2.39. The van der Waals surface area contributed by atoms with Gasteiger partial charge in [-0.3, -0.25) is 4.79 Å². The summed E-state index contributed by atoms with van der Waals surface area (Å²) < 4.78 is 4.97. The molecule has 1 aromatic carbocycles. The molecule has 1 amide bonds. The highest BCUT2D eigenvalue weighted by Crippen LogP contribution is 2.16. The first kappa shape index (κ1) is 15.8. The Morgan fingerprint density at radius 1 is 1.23 bits per heavy atom. The number of hydrogen-bond donors (Lipinski definition) is 2. The van der Waals surface area contributed by atoms with Crippen LogP contribution >= 0.6 is 0 Å². The minimum atomic E-state index is -0.538. The van der Waals surface area contributed by atoms with E-state index in [2.05, 4.69) is 10.3 Å². The van der Waals surface area contributed by atoms with Crippen LogP contribution in [0.1, 0.15) is 41.0 Å². The maximum absolute atomic E-state index is 11.9. The van der Waals surface area contributed by atoms with Crippen molar-refractivity contribution in [2.75, 3.05) is 6.61 Å². The van der Waals surface area contributed by atoms with Crippen molar-refractivity contribution in [3.8, 4) is 0 Å². The van der Waals surface area contributed by atoms with E-state index in [0.29, 0.717) is 5.69 Å². The Balaban J connectivity index is 1.87. The zero-order chi connectivity index (χ0) is 15.9. The Labute approximate surface area is 129 Å². The van der Waals surface area contributed by atoms with Gasteiger partial charge in [-0.15, -0.1) is 0 Å². The molecule has 0 saturated heterocycles. The van der Waals surface area contributed by atoms with Crippen LogP contribution in [0.4, 0.5) is 0 Å². The summed E-state index contributed by atoms with van der Waals surface area (Å²) >= 11 is 0. The predicted molar refractivity (Wildman–Crippen MR) is 83.4 cm³/mol. The minimum absolute atomic E-state index is 0.0858. The van der Waals surface area contributed by atoms with E-state index in [-0.39, 0.29) is 18.6 Å². The van der Waals surface area contributed by atoms with E-state index in [4.69, 9.17) is 4.74 Å². The lowest BCUT2D eigenvalue weighted by Gasteiger charge is -2.17. The maximum Gasteiger partial charge on any atom is 0.355 e. The fraction of sp³-hybridized carbons (Fsp3) is 0.294. The number of ether oxygens (including phenoxy) is 1. The zero-order valence-electron chi connectivity index (χ0n) is 12.8. The van der Waals surface area contributed by atoms with Crippen LogP contribution in [-0.4, -0.2) is 23.5 Å². The number of aromatic nitrogens is 1. The Kier molecular flexibility index (Phi) is 5.36. The van der Waals surface area contributed by atoms with Gasteiger partial charge < -0.3 is 15.0 Å². The SMILES string of the molecule is CC[C@H](NC(=O)COC(=O)c1ccc[nH]1)c1ccc(C)cc1. The Hall–Kier alpha value is -2.56. The van der Waals surface area contributed by atoms with Gasteiger partial charge >= 0.3 is 5.97 Å². The van der Waals surface area contributed by atoms with E-state index in [1.54, 1.807) is 18.3 Å². The van der Waals surface area contributed by atoms with Crippen molar-refractivity contribution in [1.82, 2.24) is 10.3 Å². The standard InChI is InChI=1S/C17H20N2O3/c1-3-14(13-8-6-12(2)7-9-13)19-16(20)11-22-17(21)15-5-4-10-18-15/h4-10,14,18H,3,11H2,1-2H3,(H,19,20)/t14-/m0/s1. The summed E-state index contributed by atoms with van der Waals surface area (Å²) in [6.45, 7) is 3.72. The van der Waals surface area contributed by atoms with Crippen LogP contribution in [-0.2, 0) is 9.53 Å². The smallest absolute Gasteiger partial charge is 0.355 e. The summed E-state index contributed by atoms with van der Waals surface area (Å²) in [5.41, 5.74) is 2.54. The van der Waals surface area contributed by atoms with Crippen molar-refractivity contribution >= 4 is 11.9 Å². The van der Waals surface area contributed by atoms with Crippen LogP contribution in [0.2, 0.25) is 0 Å². The Morgan fingerprint density at radius 2 is 1.95 bits per heavy atom. The summed E-state index contributed by atoms with van der Waals surface area (Å²) in [6, 6.07) is 11.2.